The van der Waals surface area contributed by atoms with Crippen LogP contribution in [0.4, 0.5) is 8.78 Å². The molecule has 5 heteroatoms. The van der Waals surface area contributed by atoms with Crippen LogP contribution in [-0.2, 0) is 13.0 Å². The first-order valence-electron chi connectivity index (χ1n) is 5.64. The number of alkyl halides is 2. The number of hydrogen-bond acceptors (Lipinski definition) is 2. The molecule has 0 aliphatic rings. The van der Waals surface area contributed by atoms with Crippen molar-refractivity contribution in [3.05, 3.63) is 29.6 Å². The van der Waals surface area contributed by atoms with Crippen LogP contribution in [0.3, 0.4) is 0 Å². The van der Waals surface area contributed by atoms with Gasteiger partial charge in [0, 0.05) is 25.5 Å². The zero-order valence-electron chi connectivity index (χ0n) is 10.2. The molecule has 1 heterocycles. The molecule has 0 saturated heterocycles. The van der Waals surface area contributed by atoms with Crippen LogP contribution in [-0.4, -0.2) is 9.55 Å². The number of nitrogens with zero attached hydrogens (tertiary/aromatic N) is 3. The molecule has 0 aliphatic carbocycles. The number of hydrogen-bond donors (Lipinski definition) is 0. The third kappa shape index (κ3) is 2.06. The van der Waals surface area contributed by atoms with Gasteiger partial charge in [-0.05, 0) is 19.1 Å². The molecule has 2 aromatic rings. The molecule has 0 bridgehead atoms. The Kier molecular flexibility index (Phi) is 3.04. The Morgan fingerprint density at radius 3 is 2.83 bits per heavy atom. The Bertz CT molecular complexity index is 623. The highest BCUT2D eigenvalue weighted by atomic mass is 19.3. The smallest absolute Gasteiger partial charge is 0.274 e. The van der Waals surface area contributed by atoms with Crippen molar-refractivity contribution in [3.63, 3.8) is 0 Å². The zero-order valence-corrected chi connectivity index (χ0v) is 10.2. The van der Waals surface area contributed by atoms with E-state index in [-0.39, 0.29) is 12.0 Å². The Morgan fingerprint density at radius 1 is 1.44 bits per heavy atom. The molecule has 0 N–H and O–H groups in total. The molecule has 0 aliphatic heterocycles. The summed E-state index contributed by atoms with van der Waals surface area (Å²) in [5.41, 5.74) is 1.31. The summed E-state index contributed by atoms with van der Waals surface area (Å²) in [4.78, 5) is 4.23. The molecule has 0 atom stereocenters. The standard InChI is InChI=1S/C13H13F2N3/c1-9-17-11-8-10(4-5-12(11)18(9)2)13(14,15)6-3-7-16/h4-5,8H,3,6H2,1-2H3. The summed E-state index contributed by atoms with van der Waals surface area (Å²) in [6.07, 6.45) is -0.618. The van der Waals surface area contributed by atoms with E-state index in [1.807, 2.05) is 18.5 Å². The van der Waals surface area contributed by atoms with Gasteiger partial charge in [-0.15, -0.1) is 0 Å². The SMILES string of the molecule is Cc1nc2cc(C(F)(F)CCC#N)ccc2n1C. The summed E-state index contributed by atoms with van der Waals surface area (Å²) < 4.78 is 29.4. The predicted octanol–water partition coefficient (Wildman–Crippen LogP) is 3.28. The number of aromatic nitrogens is 2. The number of halogens is 2. The van der Waals surface area contributed by atoms with Gasteiger partial charge in [0.25, 0.3) is 5.92 Å². The van der Waals surface area contributed by atoms with E-state index in [1.165, 1.54) is 12.1 Å². The van der Waals surface area contributed by atoms with Gasteiger partial charge in [-0.2, -0.15) is 5.26 Å². The summed E-state index contributed by atoms with van der Waals surface area (Å²) in [7, 11) is 1.85. The van der Waals surface area contributed by atoms with Crippen molar-refractivity contribution >= 4 is 11.0 Å². The van der Waals surface area contributed by atoms with Gasteiger partial charge in [0.05, 0.1) is 17.1 Å². The Labute approximate surface area is 104 Å². The minimum absolute atomic E-state index is 0.0802. The molecular weight excluding hydrogens is 236 g/mol. The molecule has 0 saturated carbocycles. The van der Waals surface area contributed by atoms with Crippen LogP contribution in [0, 0.1) is 18.3 Å². The number of aryl methyl sites for hydroxylation is 2. The normalized spacial score (nSPS) is 11.7. The first kappa shape index (κ1) is 12.5. The first-order chi connectivity index (χ1) is 8.45. The molecule has 0 unspecified atom stereocenters. The molecule has 0 amide bonds. The number of imidazole rings is 1. The average Bonchev–Trinajstić information content (AvgIpc) is 2.62. The summed E-state index contributed by atoms with van der Waals surface area (Å²) in [5.74, 6) is -2.20. The van der Waals surface area contributed by atoms with Crippen molar-refractivity contribution in [3.8, 4) is 6.07 Å². The molecule has 94 valence electrons. The predicted molar refractivity (Wildman–Crippen MR) is 64.2 cm³/mol. The highest BCUT2D eigenvalue weighted by molar-refractivity contribution is 5.77. The fourth-order valence-electron chi connectivity index (χ4n) is 1.90. The van der Waals surface area contributed by atoms with Crippen LogP contribution in [0.5, 0.6) is 0 Å². The molecule has 0 fully saturated rings. The topological polar surface area (TPSA) is 41.6 Å². The van der Waals surface area contributed by atoms with Crippen LogP contribution in [0.2, 0.25) is 0 Å². The van der Waals surface area contributed by atoms with Crippen LogP contribution >= 0.6 is 0 Å². The number of benzene rings is 1. The molecule has 3 nitrogen and oxygen atoms in total. The molecule has 0 spiro atoms. The fourth-order valence-corrected chi connectivity index (χ4v) is 1.90. The van der Waals surface area contributed by atoms with Crippen LogP contribution in [0.1, 0.15) is 24.2 Å². The van der Waals surface area contributed by atoms with Crippen molar-refractivity contribution in [2.75, 3.05) is 0 Å². The lowest BCUT2D eigenvalue weighted by molar-refractivity contribution is -0.0118. The maximum Gasteiger partial charge on any atom is 0.274 e. The fraction of sp³-hybridized carbons (Fsp3) is 0.385. The monoisotopic (exact) mass is 249 g/mol. The Hall–Kier alpha value is -1.96. The molecule has 1 aromatic carbocycles. The number of rotatable bonds is 3. The van der Waals surface area contributed by atoms with Gasteiger partial charge < -0.3 is 4.57 Å². The first-order valence-corrected chi connectivity index (χ1v) is 5.64. The number of fused-ring (bicyclic) bond motifs is 1. The minimum atomic E-state index is -2.98. The van der Waals surface area contributed by atoms with Gasteiger partial charge in [0.2, 0.25) is 0 Å². The van der Waals surface area contributed by atoms with E-state index in [9.17, 15) is 8.78 Å². The number of nitriles is 1. The maximum absolute atomic E-state index is 13.8. The summed E-state index contributed by atoms with van der Waals surface area (Å²) in [6.45, 7) is 1.83. The molecular formula is C13H13F2N3. The van der Waals surface area contributed by atoms with E-state index < -0.39 is 12.3 Å². The Balaban J connectivity index is 2.44. The van der Waals surface area contributed by atoms with Crippen molar-refractivity contribution in [2.45, 2.75) is 25.7 Å². The van der Waals surface area contributed by atoms with Gasteiger partial charge in [-0.25, -0.2) is 13.8 Å². The van der Waals surface area contributed by atoms with Gasteiger partial charge >= 0.3 is 0 Å². The largest absolute Gasteiger partial charge is 0.331 e. The van der Waals surface area contributed by atoms with Crippen LogP contribution in [0.25, 0.3) is 11.0 Å². The van der Waals surface area contributed by atoms with E-state index in [0.29, 0.717) is 5.52 Å². The highest BCUT2D eigenvalue weighted by Crippen LogP contribution is 2.34. The van der Waals surface area contributed by atoms with Gasteiger partial charge in [0.1, 0.15) is 5.82 Å². The summed E-state index contributed by atoms with van der Waals surface area (Å²) in [5, 5.41) is 8.39. The third-order valence-corrected chi connectivity index (χ3v) is 3.08. The average molecular weight is 249 g/mol. The summed E-state index contributed by atoms with van der Waals surface area (Å²) in [6, 6.07) is 6.19. The van der Waals surface area contributed by atoms with E-state index in [4.69, 9.17) is 5.26 Å². The van der Waals surface area contributed by atoms with E-state index in [1.54, 1.807) is 12.1 Å². The molecule has 2 rings (SSSR count). The third-order valence-electron chi connectivity index (χ3n) is 3.08. The molecule has 18 heavy (non-hydrogen) atoms. The highest BCUT2D eigenvalue weighted by Gasteiger charge is 2.31. The second kappa shape index (κ2) is 4.37. The lowest BCUT2D eigenvalue weighted by atomic mass is 10.0. The summed E-state index contributed by atoms with van der Waals surface area (Å²) >= 11 is 0. The molecule has 0 radical (unpaired) electrons. The molecule has 1 aromatic heterocycles. The lowest BCUT2D eigenvalue weighted by Gasteiger charge is -2.14. The van der Waals surface area contributed by atoms with Crippen LogP contribution in [0.15, 0.2) is 18.2 Å². The van der Waals surface area contributed by atoms with Crippen LogP contribution < -0.4 is 0 Å². The zero-order chi connectivity index (χ0) is 13.3. The van der Waals surface area contributed by atoms with Gasteiger partial charge in [-0.1, -0.05) is 6.07 Å². The van der Waals surface area contributed by atoms with Gasteiger partial charge in [0.15, 0.2) is 0 Å². The van der Waals surface area contributed by atoms with Crippen molar-refractivity contribution in [2.24, 2.45) is 7.05 Å². The maximum atomic E-state index is 13.8. The van der Waals surface area contributed by atoms with Crippen molar-refractivity contribution in [1.29, 1.82) is 5.26 Å². The second-order valence-corrected chi connectivity index (χ2v) is 4.28. The van der Waals surface area contributed by atoms with E-state index >= 15 is 0 Å². The van der Waals surface area contributed by atoms with E-state index in [2.05, 4.69) is 4.98 Å². The van der Waals surface area contributed by atoms with Crippen molar-refractivity contribution < 1.29 is 8.78 Å². The van der Waals surface area contributed by atoms with Gasteiger partial charge in [-0.3, -0.25) is 0 Å². The minimum Gasteiger partial charge on any atom is -0.331 e. The second-order valence-electron chi connectivity index (χ2n) is 4.28. The quantitative estimate of drug-likeness (QED) is 0.837. The lowest BCUT2D eigenvalue weighted by Crippen LogP contribution is -2.12. The Morgan fingerprint density at radius 2 is 2.17 bits per heavy atom. The van der Waals surface area contributed by atoms with E-state index in [0.717, 1.165) is 11.3 Å². The van der Waals surface area contributed by atoms with Crippen molar-refractivity contribution in [1.82, 2.24) is 9.55 Å².